The van der Waals surface area contributed by atoms with Crippen molar-refractivity contribution in [3.05, 3.63) is 83.5 Å². The zero-order valence-corrected chi connectivity index (χ0v) is 17.5. The van der Waals surface area contributed by atoms with Gasteiger partial charge in [-0.1, -0.05) is 17.7 Å². The Morgan fingerprint density at radius 2 is 2.00 bits per heavy atom. The molecule has 0 aliphatic rings. The van der Waals surface area contributed by atoms with E-state index in [1.165, 1.54) is 40.6 Å². The standard InChI is InChI=1S/C21H18ClFN4O2S/c1-24-11-14-13-27(30(28,29)17-3-2-8-25-12-17)21-10-16(5-6-18(14)21)26-20-7-4-15(23)9-19(20)22/h2-10,12-13,24,26H,11H2,1H3. The molecular formula is C21H18ClFN4O2S. The molecule has 0 bridgehead atoms. The summed E-state index contributed by atoms with van der Waals surface area (Å²) in [5.41, 5.74) is 2.48. The van der Waals surface area contributed by atoms with Crippen LogP contribution in [-0.4, -0.2) is 24.4 Å². The molecule has 9 heteroatoms. The average molecular weight is 445 g/mol. The fourth-order valence-electron chi connectivity index (χ4n) is 3.23. The van der Waals surface area contributed by atoms with Crippen LogP contribution in [-0.2, 0) is 16.6 Å². The highest BCUT2D eigenvalue weighted by Gasteiger charge is 2.21. The average Bonchev–Trinajstić information content (AvgIpc) is 3.10. The van der Waals surface area contributed by atoms with E-state index in [-0.39, 0.29) is 9.92 Å². The lowest BCUT2D eigenvalue weighted by Crippen LogP contribution is -2.12. The summed E-state index contributed by atoms with van der Waals surface area (Å²) < 4.78 is 41.1. The van der Waals surface area contributed by atoms with Gasteiger partial charge in [-0.3, -0.25) is 4.98 Å². The van der Waals surface area contributed by atoms with Gasteiger partial charge in [0.1, 0.15) is 10.7 Å². The van der Waals surface area contributed by atoms with Crippen LogP contribution in [0.2, 0.25) is 5.02 Å². The van der Waals surface area contributed by atoms with Gasteiger partial charge in [-0.2, -0.15) is 0 Å². The summed E-state index contributed by atoms with van der Waals surface area (Å²) >= 11 is 6.11. The van der Waals surface area contributed by atoms with Gasteiger partial charge in [0, 0.05) is 36.2 Å². The zero-order valence-electron chi connectivity index (χ0n) is 15.9. The minimum atomic E-state index is -3.84. The number of fused-ring (bicyclic) bond motifs is 1. The van der Waals surface area contributed by atoms with Crippen molar-refractivity contribution < 1.29 is 12.8 Å². The van der Waals surface area contributed by atoms with E-state index in [0.29, 0.717) is 23.4 Å². The smallest absolute Gasteiger partial charge is 0.269 e. The summed E-state index contributed by atoms with van der Waals surface area (Å²) in [6.45, 7) is 0.503. The molecule has 2 heterocycles. The van der Waals surface area contributed by atoms with Crippen LogP contribution in [0.15, 0.2) is 72.0 Å². The van der Waals surface area contributed by atoms with E-state index in [0.717, 1.165) is 10.9 Å². The van der Waals surface area contributed by atoms with Crippen LogP contribution in [0.1, 0.15) is 5.56 Å². The van der Waals surface area contributed by atoms with E-state index in [1.807, 2.05) is 12.1 Å². The second-order valence-corrected chi connectivity index (χ2v) is 8.88. The number of benzene rings is 2. The monoisotopic (exact) mass is 444 g/mol. The Kier molecular flexibility index (Phi) is 5.46. The van der Waals surface area contributed by atoms with Crippen molar-refractivity contribution in [1.29, 1.82) is 0 Å². The normalized spacial score (nSPS) is 11.7. The van der Waals surface area contributed by atoms with Crippen LogP contribution in [0.25, 0.3) is 10.9 Å². The van der Waals surface area contributed by atoms with Gasteiger partial charge in [-0.05, 0) is 55.1 Å². The first-order chi connectivity index (χ1) is 14.4. The van der Waals surface area contributed by atoms with Gasteiger partial charge in [0.2, 0.25) is 0 Å². The number of rotatable bonds is 6. The van der Waals surface area contributed by atoms with Crippen LogP contribution in [0.5, 0.6) is 0 Å². The maximum Gasteiger partial charge on any atom is 0.269 e. The summed E-state index contributed by atoms with van der Waals surface area (Å²) in [6, 6.07) is 12.5. The predicted octanol–water partition coefficient (Wildman–Crippen LogP) is 4.53. The molecule has 2 N–H and O–H groups in total. The fourth-order valence-corrected chi connectivity index (χ4v) is 4.80. The Bertz CT molecular complexity index is 1320. The Balaban J connectivity index is 1.85. The van der Waals surface area contributed by atoms with Crippen LogP contribution in [0, 0.1) is 5.82 Å². The topological polar surface area (TPSA) is 76.0 Å². The molecule has 0 saturated carbocycles. The maximum absolute atomic E-state index is 13.3. The minimum absolute atomic E-state index is 0.0952. The van der Waals surface area contributed by atoms with Crippen molar-refractivity contribution >= 4 is 43.9 Å². The Labute approximate surface area is 178 Å². The highest BCUT2D eigenvalue weighted by Crippen LogP contribution is 2.31. The summed E-state index contributed by atoms with van der Waals surface area (Å²) in [7, 11) is -2.05. The van der Waals surface area contributed by atoms with E-state index in [9.17, 15) is 12.8 Å². The summed E-state index contributed by atoms with van der Waals surface area (Å²) in [6.07, 6.45) is 4.45. The van der Waals surface area contributed by atoms with Crippen LogP contribution >= 0.6 is 11.6 Å². The number of anilines is 2. The number of pyridine rings is 1. The van der Waals surface area contributed by atoms with E-state index in [2.05, 4.69) is 15.6 Å². The number of hydrogen-bond donors (Lipinski definition) is 2. The number of nitrogens with one attached hydrogen (secondary N) is 2. The van der Waals surface area contributed by atoms with Crippen molar-refractivity contribution in [3.8, 4) is 0 Å². The molecule has 0 atom stereocenters. The third-order valence-electron chi connectivity index (χ3n) is 4.62. The third-order valence-corrected chi connectivity index (χ3v) is 6.59. The quantitative estimate of drug-likeness (QED) is 0.457. The largest absolute Gasteiger partial charge is 0.354 e. The van der Waals surface area contributed by atoms with Crippen LogP contribution in [0.4, 0.5) is 15.8 Å². The van der Waals surface area contributed by atoms with Gasteiger partial charge in [0.15, 0.2) is 0 Å². The molecule has 0 aliphatic heterocycles. The molecule has 0 amide bonds. The second-order valence-electron chi connectivity index (χ2n) is 6.66. The molecular weight excluding hydrogens is 427 g/mol. The first-order valence-corrected chi connectivity index (χ1v) is 10.9. The van der Waals surface area contributed by atoms with Crippen LogP contribution in [0.3, 0.4) is 0 Å². The van der Waals surface area contributed by atoms with E-state index >= 15 is 0 Å². The molecule has 0 radical (unpaired) electrons. The van der Waals surface area contributed by atoms with Gasteiger partial charge in [-0.25, -0.2) is 16.8 Å². The van der Waals surface area contributed by atoms with Crippen molar-refractivity contribution in [2.75, 3.05) is 12.4 Å². The van der Waals surface area contributed by atoms with Gasteiger partial charge in [0.25, 0.3) is 10.0 Å². The molecule has 30 heavy (non-hydrogen) atoms. The molecule has 0 unspecified atom stereocenters. The Morgan fingerprint density at radius 1 is 1.17 bits per heavy atom. The Morgan fingerprint density at radius 3 is 2.70 bits per heavy atom. The molecule has 2 aromatic carbocycles. The number of nitrogens with zero attached hydrogens (tertiary/aromatic N) is 2. The molecule has 0 aliphatic carbocycles. The van der Waals surface area contributed by atoms with Gasteiger partial charge < -0.3 is 10.6 Å². The summed E-state index contributed by atoms with van der Waals surface area (Å²) in [5, 5.41) is 7.20. The zero-order chi connectivity index (χ0) is 21.3. The summed E-state index contributed by atoms with van der Waals surface area (Å²) in [5.74, 6) is -0.436. The molecule has 6 nitrogen and oxygen atoms in total. The van der Waals surface area contributed by atoms with Crippen molar-refractivity contribution in [2.24, 2.45) is 0 Å². The minimum Gasteiger partial charge on any atom is -0.354 e. The molecule has 0 spiro atoms. The molecule has 4 rings (SSSR count). The van der Waals surface area contributed by atoms with Crippen molar-refractivity contribution in [2.45, 2.75) is 11.4 Å². The molecule has 0 fully saturated rings. The van der Waals surface area contributed by atoms with E-state index in [1.54, 1.807) is 25.4 Å². The lowest BCUT2D eigenvalue weighted by atomic mass is 10.1. The molecule has 154 valence electrons. The molecule has 2 aromatic heterocycles. The second kappa shape index (κ2) is 8.06. The number of halogens is 2. The fraction of sp³-hybridized carbons (Fsp3) is 0.0952. The first kappa shape index (κ1) is 20.3. The number of aromatic nitrogens is 2. The lowest BCUT2D eigenvalue weighted by Gasteiger charge is -2.11. The van der Waals surface area contributed by atoms with E-state index < -0.39 is 15.8 Å². The SMILES string of the molecule is CNCc1cn(S(=O)(=O)c2cccnc2)c2cc(Nc3ccc(F)cc3Cl)ccc12. The third kappa shape index (κ3) is 3.77. The summed E-state index contributed by atoms with van der Waals surface area (Å²) in [4.78, 5) is 4.02. The lowest BCUT2D eigenvalue weighted by molar-refractivity contribution is 0.588. The molecule has 4 aromatic rings. The van der Waals surface area contributed by atoms with Crippen molar-refractivity contribution in [3.63, 3.8) is 0 Å². The van der Waals surface area contributed by atoms with Gasteiger partial charge >= 0.3 is 0 Å². The number of hydrogen-bond acceptors (Lipinski definition) is 5. The molecule has 0 saturated heterocycles. The van der Waals surface area contributed by atoms with E-state index in [4.69, 9.17) is 11.6 Å². The van der Waals surface area contributed by atoms with Gasteiger partial charge in [-0.15, -0.1) is 0 Å². The van der Waals surface area contributed by atoms with Crippen molar-refractivity contribution in [1.82, 2.24) is 14.3 Å². The predicted molar refractivity (Wildman–Crippen MR) is 116 cm³/mol. The highest BCUT2D eigenvalue weighted by atomic mass is 35.5. The highest BCUT2D eigenvalue weighted by molar-refractivity contribution is 7.90. The maximum atomic E-state index is 13.3. The van der Waals surface area contributed by atoms with Crippen LogP contribution < -0.4 is 10.6 Å². The first-order valence-electron chi connectivity index (χ1n) is 9.06. The Hall–Kier alpha value is -2.94. The van der Waals surface area contributed by atoms with Gasteiger partial charge in [0.05, 0.1) is 16.2 Å².